The number of carbonyl (C=O) groups excluding carboxylic acids is 1. The lowest BCUT2D eigenvalue weighted by Crippen LogP contribution is -2.13. The fourth-order valence-corrected chi connectivity index (χ4v) is 2.46. The lowest BCUT2D eigenvalue weighted by molar-refractivity contribution is 0.102. The molecule has 3 rings (SSSR count). The maximum absolute atomic E-state index is 13.2. The van der Waals surface area contributed by atoms with Crippen molar-refractivity contribution < 1.29 is 9.18 Å². The van der Waals surface area contributed by atoms with Gasteiger partial charge in [0.15, 0.2) is 0 Å². The number of aromatic nitrogens is 1. The lowest BCUT2D eigenvalue weighted by Gasteiger charge is -2.09. The van der Waals surface area contributed by atoms with E-state index >= 15 is 0 Å². The largest absolute Gasteiger partial charge is 0.354 e. The molecule has 0 aliphatic rings. The van der Waals surface area contributed by atoms with Crippen molar-refractivity contribution in [3.05, 3.63) is 82.4 Å². The summed E-state index contributed by atoms with van der Waals surface area (Å²) in [5, 5.41) is 6.20. The fourth-order valence-electron chi connectivity index (χ4n) is 2.09. The van der Waals surface area contributed by atoms with E-state index in [1.54, 1.807) is 42.5 Å². The predicted octanol–water partition coefficient (Wildman–Crippen LogP) is 5.52. The summed E-state index contributed by atoms with van der Waals surface area (Å²) in [6.07, 6.45) is 1.50. The van der Waals surface area contributed by atoms with Crippen LogP contribution in [0.15, 0.2) is 60.8 Å². The van der Waals surface area contributed by atoms with E-state index in [9.17, 15) is 9.18 Å². The van der Waals surface area contributed by atoms with Crippen LogP contribution in [0.1, 0.15) is 10.5 Å². The molecule has 0 spiro atoms. The number of hydrogen-bond acceptors (Lipinski definition) is 3. The summed E-state index contributed by atoms with van der Waals surface area (Å²) in [5.74, 6) is -0.860. The standard InChI is InChI=1S/C18H12Cl2FN3O/c19-13-3-1-2-4-16(13)24-18(25)17-8-6-12(10-22-17)23-11-5-7-15(21)14(20)9-11/h1-10,23H,(H,24,25). The number of nitrogens with zero attached hydrogens (tertiary/aromatic N) is 1. The normalized spacial score (nSPS) is 10.4. The van der Waals surface area contributed by atoms with Crippen molar-refractivity contribution in [1.29, 1.82) is 0 Å². The van der Waals surface area contributed by atoms with Gasteiger partial charge in [-0.05, 0) is 42.5 Å². The van der Waals surface area contributed by atoms with Gasteiger partial charge < -0.3 is 10.6 Å². The molecule has 1 heterocycles. The Kier molecular flexibility index (Phi) is 5.16. The molecule has 0 aliphatic carbocycles. The van der Waals surface area contributed by atoms with Crippen LogP contribution in [0.2, 0.25) is 10.0 Å². The van der Waals surface area contributed by atoms with Gasteiger partial charge in [0.25, 0.3) is 5.91 Å². The molecule has 0 saturated carbocycles. The van der Waals surface area contributed by atoms with Crippen LogP contribution in [0.5, 0.6) is 0 Å². The fraction of sp³-hybridized carbons (Fsp3) is 0. The Morgan fingerprint density at radius 3 is 2.40 bits per heavy atom. The Morgan fingerprint density at radius 2 is 1.72 bits per heavy atom. The van der Waals surface area contributed by atoms with Crippen LogP contribution < -0.4 is 10.6 Å². The van der Waals surface area contributed by atoms with E-state index in [4.69, 9.17) is 23.2 Å². The third-order valence-electron chi connectivity index (χ3n) is 3.33. The summed E-state index contributed by atoms with van der Waals surface area (Å²) in [7, 11) is 0. The van der Waals surface area contributed by atoms with Crippen LogP contribution in [0.4, 0.5) is 21.5 Å². The van der Waals surface area contributed by atoms with E-state index in [1.807, 2.05) is 0 Å². The molecule has 1 amide bonds. The molecule has 4 nitrogen and oxygen atoms in total. The molecule has 7 heteroatoms. The van der Waals surface area contributed by atoms with E-state index in [-0.39, 0.29) is 16.6 Å². The van der Waals surface area contributed by atoms with Gasteiger partial charge in [-0.3, -0.25) is 4.79 Å². The van der Waals surface area contributed by atoms with Crippen LogP contribution in [0.3, 0.4) is 0 Å². The number of anilines is 3. The minimum absolute atomic E-state index is 0.0219. The van der Waals surface area contributed by atoms with Crippen LogP contribution in [0.25, 0.3) is 0 Å². The third kappa shape index (κ3) is 4.26. The average molecular weight is 376 g/mol. The van der Waals surface area contributed by atoms with Gasteiger partial charge in [-0.2, -0.15) is 0 Å². The monoisotopic (exact) mass is 375 g/mol. The quantitative estimate of drug-likeness (QED) is 0.630. The molecule has 25 heavy (non-hydrogen) atoms. The molecule has 0 unspecified atom stereocenters. The molecule has 0 saturated heterocycles. The highest BCUT2D eigenvalue weighted by molar-refractivity contribution is 6.33. The number of nitrogens with one attached hydrogen (secondary N) is 2. The number of carbonyl (C=O) groups is 1. The highest BCUT2D eigenvalue weighted by Gasteiger charge is 2.10. The summed E-state index contributed by atoms with van der Waals surface area (Å²) in [6, 6.07) is 14.5. The Balaban J connectivity index is 1.70. The maximum atomic E-state index is 13.2. The molecular formula is C18H12Cl2FN3O. The first kappa shape index (κ1) is 17.2. The van der Waals surface area contributed by atoms with Gasteiger partial charge in [0, 0.05) is 5.69 Å². The molecule has 1 aromatic heterocycles. The van der Waals surface area contributed by atoms with Crippen LogP contribution in [-0.2, 0) is 0 Å². The zero-order valence-electron chi connectivity index (χ0n) is 12.8. The zero-order chi connectivity index (χ0) is 17.8. The molecule has 2 aromatic carbocycles. The smallest absolute Gasteiger partial charge is 0.274 e. The van der Waals surface area contributed by atoms with Crippen LogP contribution >= 0.6 is 23.2 Å². The van der Waals surface area contributed by atoms with Gasteiger partial charge in [0.1, 0.15) is 11.5 Å². The topological polar surface area (TPSA) is 54.0 Å². The second kappa shape index (κ2) is 7.51. The highest BCUT2D eigenvalue weighted by atomic mass is 35.5. The first-order chi connectivity index (χ1) is 12.0. The van der Waals surface area contributed by atoms with Crippen molar-refractivity contribution in [2.45, 2.75) is 0 Å². The van der Waals surface area contributed by atoms with E-state index in [0.29, 0.717) is 22.1 Å². The second-order valence-corrected chi connectivity index (χ2v) is 5.93. The molecule has 0 radical (unpaired) electrons. The maximum Gasteiger partial charge on any atom is 0.274 e. The number of hydrogen-bond donors (Lipinski definition) is 2. The summed E-state index contributed by atoms with van der Waals surface area (Å²) in [6.45, 7) is 0. The Bertz CT molecular complexity index is 916. The van der Waals surface area contributed by atoms with Gasteiger partial charge >= 0.3 is 0 Å². The van der Waals surface area contributed by atoms with Gasteiger partial charge in [-0.25, -0.2) is 9.37 Å². The molecular weight excluding hydrogens is 364 g/mol. The first-order valence-electron chi connectivity index (χ1n) is 7.27. The molecule has 0 aliphatic heterocycles. The Hall–Kier alpha value is -2.63. The second-order valence-electron chi connectivity index (χ2n) is 5.12. The number of pyridine rings is 1. The third-order valence-corrected chi connectivity index (χ3v) is 3.95. The Labute approximate surface area is 153 Å². The summed E-state index contributed by atoms with van der Waals surface area (Å²) >= 11 is 11.8. The number of para-hydroxylation sites is 1. The van der Waals surface area contributed by atoms with Gasteiger partial charge in [-0.15, -0.1) is 0 Å². The minimum Gasteiger partial charge on any atom is -0.354 e. The van der Waals surface area contributed by atoms with E-state index in [2.05, 4.69) is 15.6 Å². The van der Waals surface area contributed by atoms with Crippen molar-refractivity contribution in [2.24, 2.45) is 0 Å². The van der Waals surface area contributed by atoms with Gasteiger partial charge in [-0.1, -0.05) is 35.3 Å². The van der Waals surface area contributed by atoms with E-state index < -0.39 is 5.82 Å². The first-order valence-corrected chi connectivity index (χ1v) is 8.02. The summed E-state index contributed by atoms with van der Waals surface area (Å²) in [5.41, 5.74) is 2.00. The minimum atomic E-state index is -0.489. The lowest BCUT2D eigenvalue weighted by atomic mass is 10.2. The average Bonchev–Trinajstić information content (AvgIpc) is 2.61. The molecule has 3 aromatic rings. The number of benzene rings is 2. The van der Waals surface area contributed by atoms with Crippen molar-refractivity contribution >= 4 is 46.2 Å². The molecule has 0 fully saturated rings. The summed E-state index contributed by atoms with van der Waals surface area (Å²) < 4.78 is 13.2. The highest BCUT2D eigenvalue weighted by Crippen LogP contribution is 2.23. The van der Waals surface area contributed by atoms with E-state index in [1.165, 1.54) is 18.3 Å². The zero-order valence-corrected chi connectivity index (χ0v) is 14.3. The van der Waals surface area contributed by atoms with Crippen LogP contribution in [-0.4, -0.2) is 10.9 Å². The number of amides is 1. The Morgan fingerprint density at radius 1 is 0.960 bits per heavy atom. The van der Waals surface area contributed by atoms with Crippen molar-refractivity contribution in [3.8, 4) is 0 Å². The van der Waals surface area contributed by atoms with Crippen LogP contribution in [0, 0.1) is 5.82 Å². The predicted molar refractivity (Wildman–Crippen MR) is 98.3 cm³/mol. The SMILES string of the molecule is O=C(Nc1ccccc1Cl)c1ccc(Nc2ccc(F)c(Cl)c2)cn1. The van der Waals surface area contributed by atoms with Crippen molar-refractivity contribution in [3.63, 3.8) is 0 Å². The van der Waals surface area contributed by atoms with Gasteiger partial charge in [0.2, 0.25) is 0 Å². The van der Waals surface area contributed by atoms with E-state index in [0.717, 1.165) is 0 Å². The molecule has 2 N–H and O–H groups in total. The number of rotatable bonds is 4. The molecule has 0 atom stereocenters. The van der Waals surface area contributed by atoms with Crippen molar-refractivity contribution in [2.75, 3.05) is 10.6 Å². The number of halogens is 3. The summed E-state index contributed by atoms with van der Waals surface area (Å²) in [4.78, 5) is 16.3. The molecule has 126 valence electrons. The van der Waals surface area contributed by atoms with Crippen molar-refractivity contribution in [1.82, 2.24) is 4.98 Å². The van der Waals surface area contributed by atoms with Gasteiger partial charge in [0.05, 0.1) is 27.6 Å². The molecule has 0 bridgehead atoms.